The van der Waals surface area contributed by atoms with Crippen molar-refractivity contribution in [2.45, 2.75) is 56.6 Å². The van der Waals surface area contributed by atoms with Gasteiger partial charge in [-0.15, -0.1) is 11.8 Å². The Morgan fingerprint density at radius 1 is 1.30 bits per heavy atom. The molecule has 2 nitrogen and oxygen atoms in total. The average Bonchev–Trinajstić information content (AvgIpc) is 2.52. The number of thioether (sulfide) groups is 1. The fraction of sp³-hybridized carbons (Fsp3) is 0.647. The Kier molecular flexibility index (Phi) is 6.91. The highest BCUT2D eigenvalue weighted by molar-refractivity contribution is 7.99. The van der Waals surface area contributed by atoms with E-state index in [1.54, 1.807) is 0 Å². The van der Waals surface area contributed by atoms with Crippen LogP contribution in [0.15, 0.2) is 29.2 Å². The number of hydrogen-bond acceptors (Lipinski definition) is 3. The Bertz CT molecular complexity index is 373. The minimum Gasteiger partial charge on any atom is -0.377 e. The maximum absolute atomic E-state index is 5.78. The average molecular weight is 293 g/mol. The smallest absolute Gasteiger partial charge is 0.0669 e. The van der Waals surface area contributed by atoms with Gasteiger partial charge < -0.3 is 10.1 Å². The molecule has 0 aliphatic carbocycles. The van der Waals surface area contributed by atoms with Crippen molar-refractivity contribution in [3.63, 3.8) is 0 Å². The van der Waals surface area contributed by atoms with Gasteiger partial charge in [0.25, 0.3) is 0 Å². The zero-order chi connectivity index (χ0) is 14.2. The standard InChI is InChI=1S/C17H27NOS/c1-3-11-18-14(2)15-7-9-17(10-8-15)20-13-16-6-4-5-12-19-16/h7-10,14,16,18H,3-6,11-13H2,1-2H3. The molecule has 0 spiro atoms. The van der Waals surface area contributed by atoms with Crippen LogP contribution in [0.25, 0.3) is 0 Å². The van der Waals surface area contributed by atoms with Crippen molar-refractivity contribution in [1.82, 2.24) is 5.32 Å². The number of hydrogen-bond donors (Lipinski definition) is 1. The molecular weight excluding hydrogens is 266 g/mol. The number of rotatable bonds is 7. The quantitative estimate of drug-likeness (QED) is 0.753. The highest BCUT2D eigenvalue weighted by Crippen LogP contribution is 2.25. The van der Waals surface area contributed by atoms with Crippen LogP contribution in [-0.4, -0.2) is 25.0 Å². The summed E-state index contributed by atoms with van der Waals surface area (Å²) in [5, 5.41) is 3.52. The summed E-state index contributed by atoms with van der Waals surface area (Å²) >= 11 is 1.92. The van der Waals surface area contributed by atoms with Gasteiger partial charge in [0, 0.05) is 23.3 Å². The van der Waals surface area contributed by atoms with Crippen LogP contribution in [0, 0.1) is 0 Å². The highest BCUT2D eigenvalue weighted by atomic mass is 32.2. The van der Waals surface area contributed by atoms with Gasteiger partial charge in [-0.05, 0) is 56.8 Å². The molecule has 1 saturated heterocycles. The minimum atomic E-state index is 0.440. The Morgan fingerprint density at radius 3 is 2.75 bits per heavy atom. The van der Waals surface area contributed by atoms with Crippen LogP contribution in [-0.2, 0) is 4.74 Å². The predicted octanol–water partition coefficient (Wildman–Crippen LogP) is 4.41. The fourth-order valence-corrected chi connectivity index (χ4v) is 3.43. The second-order valence-electron chi connectivity index (χ2n) is 5.54. The maximum Gasteiger partial charge on any atom is 0.0669 e. The summed E-state index contributed by atoms with van der Waals surface area (Å²) in [5.41, 5.74) is 1.37. The summed E-state index contributed by atoms with van der Waals surface area (Å²) in [7, 11) is 0. The molecule has 112 valence electrons. The van der Waals surface area contributed by atoms with Gasteiger partial charge in [-0.3, -0.25) is 0 Å². The molecule has 0 bridgehead atoms. The summed E-state index contributed by atoms with van der Waals surface area (Å²) in [6, 6.07) is 9.42. The fourth-order valence-electron chi connectivity index (χ4n) is 2.46. The molecule has 0 saturated carbocycles. The van der Waals surface area contributed by atoms with Gasteiger partial charge in [0.2, 0.25) is 0 Å². The van der Waals surface area contributed by atoms with Crippen molar-refractivity contribution in [3.05, 3.63) is 29.8 Å². The van der Waals surface area contributed by atoms with E-state index in [1.807, 2.05) is 11.8 Å². The Balaban J connectivity index is 1.78. The molecular formula is C17H27NOS. The minimum absolute atomic E-state index is 0.440. The third kappa shape index (κ3) is 5.12. The lowest BCUT2D eigenvalue weighted by Gasteiger charge is -2.22. The van der Waals surface area contributed by atoms with Gasteiger partial charge in [-0.2, -0.15) is 0 Å². The molecule has 2 rings (SSSR count). The molecule has 2 unspecified atom stereocenters. The van der Waals surface area contributed by atoms with E-state index >= 15 is 0 Å². The van der Waals surface area contributed by atoms with Gasteiger partial charge in [-0.25, -0.2) is 0 Å². The molecule has 20 heavy (non-hydrogen) atoms. The van der Waals surface area contributed by atoms with Crippen LogP contribution in [0.3, 0.4) is 0 Å². The summed E-state index contributed by atoms with van der Waals surface area (Å²) in [6.45, 7) is 6.46. The Hall–Kier alpha value is -0.510. The van der Waals surface area contributed by atoms with Gasteiger partial charge in [-0.1, -0.05) is 19.1 Å². The predicted molar refractivity (Wildman–Crippen MR) is 87.5 cm³/mol. The largest absolute Gasteiger partial charge is 0.377 e. The van der Waals surface area contributed by atoms with Crippen molar-refractivity contribution in [2.24, 2.45) is 0 Å². The van der Waals surface area contributed by atoms with E-state index in [0.29, 0.717) is 12.1 Å². The molecule has 1 aromatic rings. The molecule has 0 radical (unpaired) electrons. The van der Waals surface area contributed by atoms with Crippen molar-refractivity contribution < 1.29 is 4.74 Å². The maximum atomic E-state index is 5.78. The van der Waals surface area contributed by atoms with Gasteiger partial charge in [0.05, 0.1) is 6.10 Å². The number of nitrogens with one attached hydrogen (secondary N) is 1. The van der Waals surface area contributed by atoms with Crippen molar-refractivity contribution in [2.75, 3.05) is 18.9 Å². The van der Waals surface area contributed by atoms with Crippen molar-refractivity contribution in [1.29, 1.82) is 0 Å². The van der Waals surface area contributed by atoms with Gasteiger partial charge >= 0.3 is 0 Å². The van der Waals surface area contributed by atoms with E-state index in [1.165, 1.54) is 36.1 Å². The molecule has 1 aliphatic heterocycles. The third-order valence-electron chi connectivity index (χ3n) is 3.79. The molecule has 1 fully saturated rings. The molecule has 1 heterocycles. The molecule has 0 amide bonds. The normalized spacial score (nSPS) is 20.8. The summed E-state index contributed by atoms with van der Waals surface area (Å²) in [6.07, 6.45) is 5.42. The molecule has 3 heteroatoms. The summed E-state index contributed by atoms with van der Waals surface area (Å²) < 4.78 is 5.78. The second kappa shape index (κ2) is 8.71. The number of benzene rings is 1. The zero-order valence-electron chi connectivity index (χ0n) is 12.7. The molecule has 2 atom stereocenters. The van der Waals surface area contributed by atoms with Crippen LogP contribution in [0.2, 0.25) is 0 Å². The van der Waals surface area contributed by atoms with Crippen LogP contribution in [0.1, 0.15) is 51.1 Å². The SMILES string of the molecule is CCCNC(C)c1ccc(SCC2CCCCO2)cc1. The third-order valence-corrected chi connectivity index (χ3v) is 4.93. The van der Waals surface area contributed by atoms with Crippen molar-refractivity contribution >= 4 is 11.8 Å². The van der Waals surface area contributed by atoms with E-state index < -0.39 is 0 Å². The lowest BCUT2D eigenvalue weighted by Crippen LogP contribution is -2.21. The first-order valence-electron chi connectivity index (χ1n) is 7.87. The Morgan fingerprint density at radius 2 is 2.10 bits per heavy atom. The lowest BCUT2D eigenvalue weighted by atomic mass is 10.1. The van der Waals surface area contributed by atoms with E-state index in [9.17, 15) is 0 Å². The first-order valence-corrected chi connectivity index (χ1v) is 8.86. The Labute approximate surface area is 127 Å². The molecule has 1 N–H and O–H groups in total. The highest BCUT2D eigenvalue weighted by Gasteiger charge is 2.14. The first-order chi connectivity index (χ1) is 9.79. The zero-order valence-corrected chi connectivity index (χ0v) is 13.5. The topological polar surface area (TPSA) is 21.3 Å². The van der Waals surface area contributed by atoms with E-state index in [-0.39, 0.29) is 0 Å². The van der Waals surface area contributed by atoms with E-state index in [0.717, 1.165) is 18.9 Å². The molecule has 1 aromatic carbocycles. The monoisotopic (exact) mass is 293 g/mol. The molecule has 1 aliphatic rings. The molecule has 0 aromatic heterocycles. The van der Waals surface area contributed by atoms with Gasteiger partial charge in [0.1, 0.15) is 0 Å². The van der Waals surface area contributed by atoms with Crippen LogP contribution < -0.4 is 5.32 Å². The first kappa shape index (κ1) is 15.9. The van der Waals surface area contributed by atoms with E-state index in [4.69, 9.17) is 4.74 Å². The van der Waals surface area contributed by atoms with Crippen LogP contribution in [0.4, 0.5) is 0 Å². The summed E-state index contributed by atoms with van der Waals surface area (Å²) in [5.74, 6) is 1.09. The summed E-state index contributed by atoms with van der Waals surface area (Å²) in [4.78, 5) is 1.35. The lowest BCUT2D eigenvalue weighted by molar-refractivity contribution is 0.0315. The van der Waals surface area contributed by atoms with Crippen LogP contribution in [0.5, 0.6) is 0 Å². The van der Waals surface area contributed by atoms with Gasteiger partial charge in [0.15, 0.2) is 0 Å². The second-order valence-corrected chi connectivity index (χ2v) is 6.64. The van der Waals surface area contributed by atoms with Crippen molar-refractivity contribution in [3.8, 4) is 0 Å². The van der Waals surface area contributed by atoms with E-state index in [2.05, 4.69) is 43.4 Å². The van der Waals surface area contributed by atoms with Crippen LogP contribution >= 0.6 is 11.8 Å². The number of ether oxygens (including phenoxy) is 1.